The maximum atomic E-state index is 11.6. The molecule has 2 N–H and O–H groups in total. The van der Waals surface area contributed by atoms with E-state index in [9.17, 15) is 9.90 Å². The lowest BCUT2D eigenvalue weighted by molar-refractivity contribution is -0.130. The van der Waals surface area contributed by atoms with E-state index in [4.69, 9.17) is 11.6 Å². The highest BCUT2D eigenvalue weighted by Crippen LogP contribution is 2.29. The molecule has 1 aromatic carbocycles. The molecule has 0 aliphatic carbocycles. The van der Waals surface area contributed by atoms with Crippen molar-refractivity contribution in [3.05, 3.63) is 27.2 Å². The van der Waals surface area contributed by atoms with Crippen LogP contribution in [0.3, 0.4) is 0 Å². The zero-order valence-corrected chi connectivity index (χ0v) is 11.6. The molecule has 0 bridgehead atoms. The van der Waals surface area contributed by atoms with Crippen LogP contribution in [-0.4, -0.2) is 16.6 Å². The minimum Gasteiger partial charge on any atom is -0.381 e. The number of nitrogens with one attached hydrogen (secondary N) is 1. The molecule has 1 aromatic rings. The standard InChI is InChI=1S/C11H13BrClNO2/c1-6-4-7(12)9(5-8(6)13)14-10(15)11(2,3)16/h4-5,16H,1-3H3,(H,14,15). The van der Waals surface area contributed by atoms with Crippen molar-refractivity contribution < 1.29 is 9.90 Å². The molecule has 0 saturated heterocycles. The van der Waals surface area contributed by atoms with Gasteiger partial charge in [-0.25, -0.2) is 0 Å². The number of benzene rings is 1. The van der Waals surface area contributed by atoms with Crippen LogP contribution >= 0.6 is 27.5 Å². The Bertz CT molecular complexity index is 427. The van der Waals surface area contributed by atoms with Crippen molar-refractivity contribution in [3.8, 4) is 0 Å². The first-order valence-electron chi connectivity index (χ1n) is 4.71. The van der Waals surface area contributed by atoms with Gasteiger partial charge in [0, 0.05) is 9.50 Å². The fourth-order valence-corrected chi connectivity index (χ4v) is 1.74. The maximum Gasteiger partial charge on any atom is 0.255 e. The highest BCUT2D eigenvalue weighted by molar-refractivity contribution is 9.10. The van der Waals surface area contributed by atoms with Crippen molar-refractivity contribution in [3.63, 3.8) is 0 Å². The van der Waals surface area contributed by atoms with Crippen LogP contribution < -0.4 is 5.32 Å². The Morgan fingerprint density at radius 1 is 1.50 bits per heavy atom. The van der Waals surface area contributed by atoms with Crippen molar-refractivity contribution in [2.45, 2.75) is 26.4 Å². The van der Waals surface area contributed by atoms with E-state index in [-0.39, 0.29) is 0 Å². The third-order valence-corrected chi connectivity index (χ3v) is 3.12. The molecule has 16 heavy (non-hydrogen) atoms. The van der Waals surface area contributed by atoms with Gasteiger partial charge in [-0.05, 0) is 54.4 Å². The van der Waals surface area contributed by atoms with Crippen LogP contribution in [0, 0.1) is 6.92 Å². The predicted molar refractivity (Wildman–Crippen MR) is 68.8 cm³/mol. The summed E-state index contributed by atoms with van der Waals surface area (Å²) in [4.78, 5) is 11.6. The number of carbonyl (C=O) groups is 1. The van der Waals surface area contributed by atoms with Crippen LogP contribution in [0.2, 0.25) is 5.02 Å². The molecule has 0 spiro atoms. The quantitative estimate of drug-likeness (QED) is 0.882. The van der Waals surface area contributed by atoms with E-state index < -0.39 is 11.5 Å². The number of aryl methyl sites for hydroxylation is 1. The molecular weight excluding hydrogens is 293 g/mol. The summed E-state index contributed by atoms with van der Waals surface area (Å²) in [6, 6.07) is 3.45. The van der Waals surface area contributed by atoms with E-state index in [0.717, 1.165) is 10.0 Å². The maximum absolute atomic E-state index is 11.6. The molecule has 0 fully saturated rings. The third kappa shape index (κ3) is 3.20. The zero-order chi connectivity index (χ0) is 12.5. The second kappa shape index (κ2) is 4.73. The van der Waals surface area contributed by atoms with Gasteiger partial charge < -0.3 is 10.4 Å². The molecule has 0 atom stereocenters. The predicted octanol–water partition coefficient (Wildman–Crippen LogP) is 3.12. The highest BCUT2D eigenvalue weighted by atomic mass is 79.9. The highest BCUT2D eigenvalue weighted by Gasteiger charge is 2.24. The smallest absolute Gasteiger partial charge is 0.255 e. The van der Waals surface area contributed by atoms with Gasteiger partial charge in [0.05, 0.1) is 5.69 Å². The molecule has 1 amide bonds. The second-order valence-corrected chi connectivity index (χ2v) is 5.36. The summed E-state index contributed by atoms with van der Waals surface area (Å²) in [6.07, 6.45) is 0. The van der Waals surface area contributed by atoms with Crippen LogP contribution in [-0.2, 0) is 4.79 Å². The van der Waals surface area contributed by atoms with Gasteiger partial charge in [-0.1, -0.05) is 11.6 Å². The molecule has 5 heteroatoms. The van der Waals surface area contributed by atoms with Gasteiger partial charge in [0.25, 0.3) is 5.91 Å². The van der Waals surface area contributed by atoms with Gasteiger partial charge in [0.1, 0.15) is 5.60 Å². The minimum absolute atomic E-state index is 0.479. The Labute approximate surface area is 108 Å². The number of carbonyl (C=O) groups excluding carboxylic acids is 1. The Kier molecular flexibility index (Phi) is 3.99. The first-order valence-corrected chi connectivity index (χ1v) is 5.88. The average molecular weight is 307 g/mol. The van der Waals surface area contributed by atoms with Crippen LogP contribution in [0.4, 0.5) is 5.69 Å². The summed E-state index contributed by atoms with van der Waals surface area (Å²) in [7, 11) is 0. The summed E-state index contributed by atoms with van der Waals surface area (Å²) in [5.41, 5.74) is 0.0362. The fraction of sp³-hybridized carbons (Fsp3) is 0.364. The number of aliphatic hydroxyl groups is 1. The average Bonchev–Trinajstić information content (AvgIpc) is 2.12. The van der Waals surface area contributed by atoms with Crippen LogP contribution in [0.5, 0.6) is 0 Å². The first-order chi connectivity index (χ1) is 7.21. The fourth-order valence-electron chi connectivity index (χ4n) is 1.02. The van der Waals surface area contributed by atoms with Gasteiger partial charge >= 0.3 is 0 Å². The number of anilines is 1. The van der Waals surface area contributed by atoms with Crippen molar-refractivity contribution in [1.82, 2.24) is 0 Å². The Morgan fingerprint density at radius 3 is 2.56 bits per heavy atom. The van der Waals surface area contributed by atoms with E-state index in [1.807, 2.05) is 13.0 Å². The number of rotatable bonds is 2. The largest absolute Gasteiger partial charge is 0.381 e. The van der Waals surface area contributed by atoms with E-state index in [1.165, 1.54) is 13.8 Å². The van der Waals surface area contributed by atoms with E-state index in [0.29, 0.717) is 10.7 Å². The van der Waals surface area contributed by atoms with Crippen molar-refractivity contribution in [2.75, 3.05) is 5.32 Å². The van der Waals surface area contributed by atoms with Crippen LogP contribution in [0.1, 0.15) is 19.4 Å². The Hall–Kier alpha value is -0.580. The minimum atomic E-state index is -1.42. The topological polar surface area (TPSA) is 49.3 Å². The van der Waals surface area contributed by atoms with Gasteiger partial charge in [0.2, 0.25) is 0 Å². The van der Waals surface area contributed by atoms with Gasteiger partial charge in [-0.15, -0.1) is 0 Å². The van der Waals surface area contributed by atoms with Crippen LogP contribution in [0.25, 0.3) is 0 Å². The number of hydrogen-bond donors (Lipinski definition) is 2. The van der Waals surface area contributed by atoms with Gasteiger partial charge in [-0.3, -0.25) is 4.79 Å². The first kappa shape index (κ1) is 13.5. The third-order valence-electron chi connectivity index (χ3n) is 2.05. The molecule has 0 aliphatic heterocycles. The number of hydrogen-bond acceptors (Lipinski definition) is 2. The summed E-state index contributed by atoms with van der Waals surface area (Å²) in [5.74, 6) is -0.479. The Balaban J connectivity index is 2.99. The second-order valence-electron chi connectivity index (χ2n) is 4.09. The molecule has 0 aromatic heterocycles. The normalized spacial score (nSPS) is 11.4. The Morgan fingerprint density at radius 2 is 2.06 bits per heavy atom. The summed E-state index contributed by atoms with van der Waals surface area (Å²) in [6.45, 7) is 4.72. The zero-order valence-electron chi connectivity index (χ0n) is 9.27. The van der Waals surface area contributed by atoms with Gasteiger partial charge in [-0.2, -0.15) is 0 Å². The summed E-state index contributed by atoms with van der Waals surface area (Å²) >= 11 is 9.27. The van der Waals surface area contributed by atoms with Crippen molar-refractivity contribution in [1.29, 1.82) is 0 Å². The van der Waals surface area contributed by atoms with Gasteiger partial charge in [0.15, 0.2) is 0 Å². The summed E-state index contributed by atoms with van der Waals surface area (Å²) < 4.78 is 0.729. The lowest BCUT2D eigenvalue weighted by atomic mass is 10.1. The number of halogens is 2. The monoisotopic (exact) mass is 305 g/mol. The van der Waals surface area contributed by atoms with Crippen LogP contribution in [0.15, 0.2) is 16.6 Å². The molecule has 88 valence electrons. The molecule has 0 saturated carbocycles. The molecule has 1 rings (SSSR count). The molecular formula is C11H13BrClNO2. The molecule has 0 radical (unpaired) electrons. The van der Waals surface area contributed by atoms with E-state index in [1.54, 1.807) is 6.07 Å². The lowest BCUT2D eigenvalue weighted by Gasteiger charge is -2.17. The number of amides is 1. The van der Waals surface area contributed by atoms with Crippen molar-refractivity contribution >= 4 is 39.1 Å². The lowest BCUT2D eigenvalue weighted by Crippen LogP contribution is -2.36. The van der Waals surface area contributed by atoms with E-state index >= 15 is 0 Å². The molecule has 0 aliphatic rings. The van der Waals surface area contributed by atoms with Crippen molar-refractivity contribution in [2.24, 2.45) is 0 Å². The molecule has 3 nitrogen and oxygen atoms in total. The summed E-state index contributed by atoms with van der Waals surface area (Å²) in [5, 5.41) is 12.7. The van der Waals surface area contributed by atoms with E-state index in [2.05, 4.69) is 21.2 Å². The SMILES string of the molecule is Cc1cc(Br)c(NC(=O)C(C)(C)O)cc1Cl. The molecule has 0 unspecified atom stereocenters. The molecule has 0 heterocycles.